The number of fused-ring (bicyclic) bond motifs is 1. The van der Waals surface area contributed by atoms with Crippen LogP contribution in [0, 0.1) is 6.92 Å². The lowest BCUT2D eigenvalue weighted by Crippen LogP contribution is -2.16. The van der Waals surface area contributed by atoms with Gasteiger partial charge in [-0.05, 0) is 62.2 Å². The van der Waals surface area contributed by atoms with Gasteiger partial charge in [-0.15, -0.1) is 0 Å². The molecule has 0 fully saturated rings. The first kappa shape index (κ1) is 22.7. The average molecular weight is 464 g/mol. The van der Waals surface area contributed by atoms with Gasteiger partial charge in [-0.25, -0.2) is 0 Å². The summed E-state index contributed by atoms with van der Waals surface area (Å²) in [5, 5.41) is 4.46. The Morgan fingerprint density at radius 3 is 2.33 bits per heavy atom. The maximum Gasteiger partial charge on any atom is 0.232 e. The molecule has 33 heavy (non-hydrogen) atoms. The van der Waals surface area contributed by atoms with E-state index in [0.717, 1.165) is 22.1 Å². The number of aryl methyl sites for hydroxylation is 1. The van der Waals surface area contributed by atoms with Gasteiger partial charge in [0, 0.05) is 16.0 Å². The predicted octanol–water partition coefficient (Wildman–Crippen LogP) is 7.04. The molecule has 0 unspecified atom stereocenters. The van der Waals surface area contributed by atoms with Crippen molar-refractivity contribution in [3.63, 3.8) is 0 Å². The summed E-state index contributed by atoms with van der Waals surface area (Å²) in [6, 6.07) is 19.0. The highest BCUT2D eigenvalue weighted by Gasteiger charge is 2.22. The zero-order valence-electron chi connectivity index (χ0n) is 18.9. The number of amides is 1. The molecule has 1 heterocycles. The van der Waals surface area contributed by atoms with Gasteiger partial charge in [-0.1, -0.05) is 41.9 Å². The summed E-state index contributed by atoms with van der Waals surface area (Å²) in [7, 11) is 0. The normalized spacial score (nSPS) is 10.9. The van der Waals surface area contributed by atoms with Crippen molar-refractivity contribution in [3.05, 3.63) is 77.0 Å². The zero-order valence-corrected chi connectivity index (χ0v) is 19.7. The monoisotopic (exact) mass is 463 g/mol. The number of anilines is 1. The third kappa shape index (κ3) is 4.83. The second-order valence-corrected chi connectivity index (χ2v) is 8.01. The van der Waals surface area contributed by atoms with Gasteiger partial charge in [0.2, 0.25) is 5.91 Å². The Hall–Kier alpha value is -3.44. The lowest BCUT2D eigenvalue weighted by Gasteiger charge is -2.16. The first-order chi connectivity index (χ1) is 16.0. The molecule has 3 aromatic carbocycles. The molecule has 0 spiro atoms. The van der Waals surface area contributed by atoms with Crippen molar-refractivity contribution in [1.82, 2.24) is 0 Å². The van der Waals surface area contributed by atoms with Crippen molar-refractivity contribution in [3.8, 4) is 22.6 Å². The number of carbonyl (C=O) groups is 1. The van der Waals surface area contributed by atoms with Gasteiger partial charge in [0.15, 0.2) is 0 Å². The standard InChI is InChI=1S/C27H26ClNO4/c1-4-31-22-11-8-12-23(32-5-2)27(22)29-25(30)16-24-26(19-10-7-6-9-17(19)3)20-15-18(28)13-14-21(20)33-24/h6-15H,4-5,16H2,1-3H3,(H,29,30). The third-order valence-electron chi connectivity index (χ3n) is 5.31. The molecule has 0 atom stereocenters. The molecule has 0 aliphatic rings. The Bertz CT molecular complexity index is 1270. The van der Waals surface area contributed by atoms with Gasteiger partial charge in [-0.3, -0.25) is 4.79 Å². The number of ether oxygens (including phenoxy) is 2. The molecule has 0 radical (unpaired) electrons. The first-order valence-electron chi connectivity index (χ1n) is 11.0. The summed E-state index contributed by atoms with van der Waals surface area (Å²) in [4.78, 5) is 13.2. The molecule has 0 saturated carbocycles. The minimum absolute atomic E-state index is 0.0436. The van der Waals surface area contributed by atoms with Gasteiger partial charge < -0.3 is 19.2 Å². The van der Waals surface area contributed by atoms with Gasteiger partial charge in [0.25, 0.3) is 0 Å². The van der Waals surface area contributed by atoms with Crippen molar-refractivity contribution < 1.29 is 18.7 Å². The fraction of sp³-hybridized carbons (Fsp3) is 0.222. The molecule has 1 N–H and O–H groups in total. The molecule has 1 aromatic heterocycles. The number of hydrogen-bond acceptors (Lipinski definition) is 4. The van der Waals surface area contributed by atoms with E-state index in [1.54, 1.807) is 6.07 Å². The van der Waals surface area contributed by atoms with Gasteiger partial charge in [0.1, 0.15) is 28.5 Å². The molecule has 0 bridgehead atoms. The largest absolute Gasteiger partial charge is 0.492 e. The minimum Gasteiger partial charge on any atom is -0.492 e. The lowest BCUT2D eigenvalue weighted by atomic mass is 9.96. The fourth-order valence-corrected chi connectivity index (χ4v) is 4.08. The summed E-state index contributed by atoms with van der Waals surface area (Å²) in [5.74, 6) is 1.47. The number of furan rings is 1. The van der Waals surface area contributed by atoms with Crippen LogP contribution >= 0.6 is 11.6 Å². The van der Waals surface area contributed by atoms with Crippen molar-refractivity contribution in [2.24, 2.45) is 0 Å². The van der Waals surface area contributed by atoms with Crippen LogP contribution in [0.1, 0.15) is 25.2 Å². The molecule has 6 heteroatoms. The maximum atomic E-state index is 13.2. The Balaban J connectivity index is 1.73. The lowest BCUT2D eigenvalue weighted by molar-refractivity contribution is -0.115. The van der Waals surface area contributed by atoms with E-state index in [2.05, 4.69) is 5.32 Å². The van der Waals surface area contributed by atoms with E-state index >= 15 is 0 Å². The molecule has 170 valence electrons. The van der Waals surface area contributed by atoms with Crippen LogP contribution in [0.4, 0.5) is 5.69 Å². The molecule has 0 aliphatic heterocycles. The van der Waals surface area contributed by atoms with Crippen LogP contribution in [-0.2, 0) is 11.2 Å². The van der Waals surface area contributed by atoms with Crippen LogP contribution in [0.3, 0.4) is 0 Å². The zero-order chi connectivity index (χ0) is 23.4. The van der Waals surface area contributed by atoms with Crippen molar-refractivity contribution >= 4 is 34.2 Å². The number of para-hydroxylation sites is 1. The van der Waals surface area contributed by atoms with E-state index in [0.29, 0.717) is 46.8 Å². The molecule has 1 amide bonds. The first-order valence-corrected chi connectivity index (χ1v) is 11.3. The smallest absolute Gasteiger partial charge is 0.232 e. The van der Waals surface area contributed by atoms with Gasteiger partial charge in [0.05, 0.1) is 19.6 Å². The van der Waals surface area contributed by atoms with Crippen LogP contribution in [0.15, 0.2) is 65.1 Å². The Morgan fingerprint density at radius 1 is 0.970 bits per heavy atom. The van der Waals surface area contributed by atoms with Crippen LogP contribution in [0.2, 0.25) is 5.02 Å². The Labute approximate surface area is 198 Å². The van der Waals surface area contributed by atoms with E-state index in [9.17, 15) is 4.79 Å². The van der Waals surface area contributed by atoms with Gasteiger partial charge >= 0.3 is 0 Å². The number of rotatable bonds is 8. The molecule has 4 rings (SSSR count). The quantitative estimate of drug-likeness (QED) is 0.304. The fourth-order valence-electron chi connectivity index (χ4n) is 3.91. The van der Waals surface area contributed by atoms with Crippen LogP contribution < -0.4 is 14.8 Å². The van der Waals surface area contributed by atoms with Crippen molar-refractivity contribution in [2.45, 2.75) is 27.2 Å². The number of nitrogens with one attached hydrogen (secondary N) is 1. The van der Waals surface area contributed by atoms with E-state index in [-0.39, 0.29) is 12.3 Å². The van der Waals surface area contributed by atoms with E-state index in [1.165, 1.54) is 0 Å². The molecular formula is C27H26ClNO4. The summed E-state index contributed by atoms with van der Waals surface area (Å²) in [5.41, 5.74) is 4.17. The number of hydrogen-bond donors (Lipinski definition) is 1. The van der Waals surface area contributed by atoms with Gasteiger partial charge in [-0.2, -0.15) is 0 Å². The SMILES string of the molecule is CCOc1cccc(OCC)c1NC(=O)Cc1oc2ccc(Cl)cc2c1-c1ccccc1C. The van der Waals surface area contributed by atoms with E-state index < -0.39 is 0 Å². The predicted molar refractivity (Wildman–Crippen MR) is 133 cm³/mol. The van der Waals surface area contributed by atoms with Crippen molar-refractivity contribution in [1.29, 1.82) is 0 Å². The molecular weight excluding hydrogens is 438 g/mol. The Kier molecular flexibility index (Phi) is 6.90. The number of benzene rings is 3. The molecule has 0 aliphatic carbocycles. The number of carbonyl (C=O) groups excluding carboxylic acids is 1. The second kappa shape index (κ2) is 10.0. The van der Waals surface area contributed by atoms with E-state index in [1.807, 2.05) is 75.4 Å². The topological polar surface area (TPSA) is 60.7 Å². The summed E-state index contributed by atoms with van der Waals surface area (Å²) >= 11 is 6.29. The molecule has 5 nitrogen and oxygen atoms in total. The molecule has 4 aromatic rings. The summed E-state index contributed by atoms with van der Waals surface area (Å²) in [6.45, 7) is 6.77. The summed E-state index contributed by atoms with van der Waals surface area (Å²) in [6.07, 6.45) is 0.0436. The van der Waals surface area contributed by atoms with Crippen LogP contribution in [0.25, 0.3) is 22.1 Å². The highest BCUT2D eigenvalue weighted by Crippen LogP contribution is 2.39. The van der Waals surface area contributed by atoms with Crippen LogP contribution in [-0.4, -0.2) is 19.1 Å². The average Bonchev–Trinajstić information content (AvgIpc) is 3.13. The number of halogens is 1. The Morgan fingerprint density at radius 2 is 1.67 bits per heavy atom. The van der Waals surface area contributed by atoms with E-state index in [4.69, 9.17) is 25.5 Å². The second-order valence-electron chi connectivity index (χ2n) is 7.58. The highest BCUT2D eigenvalue weighted by molar-refractivity contribution is 6.31. The summed E-state index contributed by atoms with van der Waals surface area (Å²) < 4.78 is 17.6. The van der Waals surface area contributed by atoms with Crippen molar-refractivity contribution in [2.75, 3.05) is 18.5 Å². The minimum atomic E-state index is -0.233. The molecule has 0 saturated heterocycles. The van der Waals surface area contributed by atoms with Crippen LogP contribution in [0.5, 0.6) is 11.5 Å². The highest BCUT2D eigenvalue weighted by atomic mass is 35.5. The maximum absolute atomic E-state index is 13.2. The third-order valence-corrected chi connectivity index (χ3v) is 5.55.